The van der Waals surface area contributed by atoms with E-state index in [4.69, 9.17) is 4.74 Å². The molecule has 0 N–H and O–H groups in total. The summed E-state index contributed by atoms with van der Waals surface area (Å²) < 4.78 is 6.91. The lowest BCUT2D eigenvalue weighted by atomic mass is 10.1. The summed E-state index contributed by atoms with van der Waals surface area (Å²) in [5.74, 6) is 1.57. The first-order valence-corrected chi connectivity index (χ1v) is 6.45. The van der Waals surface area contributed by atoms with Gasteiger partial charge in [-0.15, -0.1) is 0 Å². The summed E-state index contributed by atoms with van der Waals surface area (Å²) in [4.78, 5) is 0. The molecule has 0 heterocycles. The molecule has 3 aromatic carbocycles. The van der Waals surface area contributed by atoms with Crippen molar-refractivity contribution in [1.29, 1.82) is 0 Å². The van der Waals surface area contributed by atoms with Crippen molar-refractivity contribution in [2.75, 3.05) is 0 Å². The summed E-state index contributed by atoms with van der Waals surface area (Å²) in [6.45, 7) is 0. The van der Waals surface area contributed by atoms with E-state index in [1.165, 1.54) is 0 Å². The SMILES string of the molecule is Brc1ccc(Oc2[c]ccc3ccccc23)cc1. The maximum Gasteiger partial charge on any atom is 0.143 e. The molecule has 0 aromatic heterocycles. The first-order valence-electron chi connectivity index (χ1n) is 5.66. The van der Waals surface area contributed by atoms with Gasteiger partial charge in [-0.2, -0.15) is 0 Å². The van der Waals surface area contributed by atoms with Gasteiger partial charge < -0.3 is 4.74 Å². The van der Waals surface area contributed by atoms with Crippen molar-refractivity contribution < 1.29 is 4.74 Å². The third kappa shape index (κ3) is 2.24. The van der Waals surface area contributed by atoms with Crippen molar-refractivity contribution in [2.24, 2.45) is 0 Å². The monoisotopic (exact) mass is 297 g/mol. The van der Waals surface area contributed by atoms with Crippen LogP contribution in [-0.2, 0) is 0 Å². The average Bonchev–Trinajstić information content (AvgIpc) is 2.42. The quantitative estimate of drug-likeness (QED) is 0.632. The first-order chi connectivity index (χ1) is 8.83. The van der Waals surface area contributed by atoms with Gasteiger partial charge in [0.15, 0.2) is 0 Å². The maximum absolute atomic E-state index is 5.87. The number of halogens is 1. The number of hydrogen-bond donors (Lipinski definition) is 0. The van der Waals surface area contributed by atoms with Crippen LogP contribution in [0.2, 0.25) is 0 Å². The zero-order valence-electron chi connectivity index (χ0n) is 9.56. The highest BCUT2D eigenvalue weighted by Gasteiger charge is 2.02. The Balaban J connectivity index is 2.02. The fourth-order valence-electron chi connectivity index (χ4n) is 1.84. The van der Waals surface area contributed by atoms with Crippen LogP contribution in [0.15, 0.2) is 65.1 Å². The highest BCUT2D eigenvalue weighted by atomic mass is 79.9. The Hall–Kier alpha value is -1.80. The van der Waals surface area contributed by atoms with Gasteiger partial charge in [-0.05, 0) is 35.7 Å². The number of hydrogen-bond acceptors (Lipinski definition) is 1. The van der Waals surface area contributed by atoms with Gasteiger partial charge in [-0.1, -0.05) is 46.3 Å². The predicted molar refractivity (Wildman–Crippen MR) is 77.0 cm³/mol. The summed E-state index contributed by atoms with van der Waals surface area (Å²) in [6, 6.07) is 23.0. The fourth-order valence-corrected chi connectivity index (χ4v) is 2.10. The minimum Gasteiger partial charge on any atom is -0.456 e. The van der Waals surface area contributed by atoms with Crippen LogP contribution in [0.3, 0.4) is 0 Å². The zero-order valence-corrected chi connectivity index (χ0v) is 11.1. The van der Waals surface area contributed by atoms with Crippen molar-refractivity contribution in [3.63, 3.8) is 0 Å². The largest absolute Gasteiger partial charge is 0.456 e. The van der Waals surface area contributed by atoms with Crippen molar-refractivity contribution >= 4 is 26.7 Å². The Labute approximate surface area is 114 Å². The number of ether oxygens (including phenoxy) is 1. The minimum absolute atomic E-state index is 0.760. The summed E-state index contributed by atoms with van der Waals surface area (Å²) in [7, 11) is 0. The number of fused-ring (bicyclic) bond motifs is 1. The molecule has 0 amide bonds. The van der Waals surface area contributed by atoms with Crippen molar-refractivity contribution in [2.45, 2.75) is 0 Å². The maximum atomic E-state index is 5.87. The lowest BCUT2D eigenvalue weighted by Gasteiger charge is -2.08. The molecule has 0 saturated carbocycles. The van der Waals surface area contributed by atoms with Gasteiger partial charge in [0.25, 0.3) is 0 Å². The molecule has 2 heteroatoms. The molecule has 0 aliphatic rings. The van der Waals surface area contributed by atoms with Crippen LogP contribution in [-0.4, -0.2) is 0 Å². The lowest BCUT2D eigenvalue weighted by Crippen LogP contribution is -1.85. The molecule has 0 saturated heterocycles. The lowest BCUT2D eigenvalue weighted by molar-refractivity contribution is 0.487. The van der Waals surface area contributed by atoms with E-state index in [9.17, 15) is 0 Å². The van der Waals surface area contributed by atoms with Crippen LogP contribution in [0.4, 0.5) is 0 Å². The third-order valence-corrected chi connectivity index (χ3v) is 3.24. The highest BCUT2D eigenvalue weighted by Crippen LogP contribution is 2.29. The summed E-state index contributed by atoms with van der Waals surface area (Å²) in [6.07, 6.45) is 0. The molecule has 0 aliphatic heterocycles. The molecule has 0 fully saturated rings. The Morgan fingerprint density at radius 3 is 2.50 bits per heavy atom. The van der Waals surface area contributed by atoms with Crippen LogP contribution in [0.5, 0.6) is 11.5 Å². The van der Waals surface area contributed by atoms with E-state index in [-0.39, 0.29) is 0 Å². The molecule has 87 valence electrons. The zero-order chi connectivity index (χ0) is 12.4. The second-order valence-corrected chi connectivity index (χ2v) is 4.87. The molecule has 0 aliphatic carbocycles. The van der Waals surface area contributed by atoms with Gasteiger partial charge in [-0.3, -0.25) is 0 Å². The molecule has 18 heavy (non-hydrogen) atoms. The number of rotatable bonds is 2. The average molecular weight is 298 g/mol. The third-order valence-electron chi connectivity index (χ3n) is 2.72. The Kier molecular flexibility index (Phi) is 3.03. The first kappa shape index (κ1) is 11.3. The summed E-state index contributed by atoms with van der Waals surface area (Å²) >= 11 is 3.41. The molecule has 0 bridgehead atoms. The van der Waals surface area contributed by atoms with Crippen molar-refractivity contribution in [3.8, 4) is 11.5 Å². The van der Waals surface area contributed by atoms with Gasteiger partial charge in [0.1, 0.15) is 11.5 Å². The molecule has 3 rings (SSSR count). The molecule has 3 aromatic rings. The Bertz CT molecular complexity index is 669. The highest BCUT2D eigenvalue weighted by molar-refractivity contribution is 9.10. The summed E-state index contributed by atoms with van der Waals surface area (Å²) in [5, 5.41) is 2.23. The molecular formula is C16H10BrO. The molecule has 0 spiro atoms. The smallest absolute Gasteiger partial charge is 0.143 e. The van der Waals surface area contributed by atoms with E-state index in [2.05, 4.69) is 28.1 Å². The van der Waals surface area contributed by atoms with Crippen LogP contribution >= 0.6 is 15.9 Å². The van der Waals surface area contributed by atoms with Gasteiger partial charge in [0.2, 0.25) is 0 Å². The molecule has 1 radical (unpaired) electrons. The Morgan fingerprint density at radius 2 is 1.67 bits per heavy atom. The summed E-state index contributed by atoms with van der Waals surface area (Å²) in [5.41, 5.74) is 0. The van der Waals surface area contributed by atoms with E-state index in [1.807, 2.05) is 54.6 Å². The Morgan fingerprint density at radius 1 is 0.889 bits per heavy atom. The molecule has 1 nitrogen and oxygen atoms in total. The van der Waals surface area contributed by atoms with Gasteiger partial charge in [0.05, 0.1) is 0 Å². The van der Waals surface area contributed by atoms with Gasteiger partial charge in [0, 0.05) is 15.9 Å². The van der Waals surface area contributed by atoms with Gasteiger partial charge >= 0.3 is 0 Å². The molecular weight excluding hydrogens is 288 g/mol. The van der Waals surface area contributed by atoms with E-state index in [1.54, 1.807) is 0 Å². The minimum atomic E-state index is 0.760. The van der Waals surface area contributed by atoms with Crippen LogP contribution in [0.25, 0.3) is 10.8 Å². The normalized spacial score (nSPS) is 10.5. The van der Waals surface area contributed by atoms with Gasteiger partial charge in [-0.25, -0.2) is 0 Å². The predicted octanol–water partition coefficient (Wildman–Crippen LogP) is 5.19. The topological polar surface area (TPSA) is 9.23 Å². The van der Waals surface area contributed by atoms with Crippen molar-refractivity contribution in [3.05, 3.63) is 71.2 Å². The van der Waals surface area contributed by atoms with Crippen LogP contribution < -0.4 is 4.74 Å². The van der Waals surface area contributed by atoms with E-state index in [0.717, 1.165) is 26.7 Å². The van der Waals surface area contributed by atoms with Crippen molar-refractivity contribution in [1.82, 2.24) is 0 Å². The van der Waals surface area contributed by atoms with E-state index < -0.39 is 0 Å². The number of benzene rings is 3. The standard InChI is InChI=1S/C16H10BrO/c17-13-8-10-14(11-9-13)18-16-7-3-5-12-4-1-2-6-15(12)16/h1-6,8-11H. The second-order valence-electron chi connectivity index (χ2n) is 3.95. The van der Waals surface area contributed by atoms with Crippen LogP contribution in [0, 0.1) is 6.07 Å². The van der Waals surface area contributed by atoms with Crippen LogP contribution in [0.1, 0.15) is 0 Å². The van der Waals surface area contributed by atoms with E-state index in [0.29, 0.717) is 0 Å². The molecule has 0 atom stereocenters. The van der Waals surface area contributed by atoms with E-state index >= 15 is 0 Å². The molecule has 0 unspecified atom stereocenters. The second kappa shape index (κ2) is 4.83. The fraction of sp³-hybridized carbons (Fsp3) is 0.